The van der Waals surface area contributed by atoms with Crippen LogP contribution in [0.5, 0.6) is 0 Å². The van der Waals surface area contributed by atoms with Crippen LogP contribution in [-0.2, 0) is 16.8 Å². The Hall–Kier alpha value is -0.470. The van der Waals surface area contributed by atoms with E-state index in [0.29, 0.717) is 32.1 Å². The molecule has 2 heterocycles. The predicted octanol–water partition coefficient (Wildman–Crippen LogP) is 1.10. The summed E-state index contributed by atoms with van der Waals surface area (Å²) in [5.74, 6) is 0.467. The molecule has 19 heavy (non-hydrogen) atoms. The lowest BCUT2D eigenvalue weighted by atomic mass is 9.99. The van der Waals surface area contributed by atoms with E-state index < -0.39 is 10.2 Å². The second-order valence-electron chi connectivity index (χ2n) is 4.92. The highest BCUT2D eigenvalue weighted by Gasteiger charge is 2.30. The van der Waals surface area contributed by atoms with Gasteiger partial charge in [0.25, 0.3) is 10.2 Å². The molecule has 1 fully saturated rings. The van der Waals surface area contributed by atoms with Crippen LogP contribution in [0.15, 0.2) is 17.5 Å². The summed E-state index contributed by atoms with van der Waals surface area (Å²) in [4.78, 5) is 1.06. The van der Waals surface area contributed by atoms with Gasteiger partial charge in [-0.3, -0.25) is 0 Å². The van der Waals surface area contributed by atoms with Gasteiger partial charge in [0.15, 0.2) is 0 Å². The van der Waals surface area contributed by atoms with Crippen LogP contribution in [0.2, 0.25) is 0 Å². The Morgan fingerprint density at radius 1 is 1.47 bits per heavy atom. The quantitative estimate of drug-likeness (QED) is 0.885. The van der Waals surface area contributed by atoms with Crippen molar-refractivity contribution in [2.45, 2.75) is 19.4 Å². The lowest BCUT2D eigenvalue weighted by Crippen LogP contribution is -2.46. The summed E-state index contributed by atoms with van der Waals surface area (Å²) < 4.78 is 27.9. The average molecular weight is 303 g/mol. The largest absolute Gasteiger partial charge is 0.330 e. The molecule has 2 N–H and O–H groups in total. The minimum atomic E-state index is -3.34. The molecule has 0 bridgehead atoms. The van der Waals surface area contributed by atoms with Gasteiger partial charge < -0.3 is 5.73 Å². The number of rotatable bonds is 5. The van der Waals surface area contributed by atoms with Gasteiger partial charge in [-0.25, -0.2) is 0 Å². The monoisotopic (exact) mass is 303 g/mol. The summed E-state index contributed by atoms with van der Waals surface area (Å²) in [7, 11) is -1.69. The molecule has 2 rings (SSSR count). The van der Waals surface area contributed by atoms with Crippen molar-refractivity contribution in [3.8, 4) is 0 Å². The summed E-state index contributed by atoms with van der Waals surface area (Å²) in [6, 6.07) is 3.89. The third-order valence-corrected chi connectivity index (χ3v) is 6.38. The molecule has 1 aromatic heterocycles. The second-order valence-corrected chi connectivity index (χ2v) is 7.99. The van der Waals surface area contributed by atoms with Gasteiger partial charge in [-0.15, -0.1) is 11.3 Å². The van der Waals surface area contributed by atoms with Gasteiger partial charge in [-0.1, -0.05) is 6.07 Å². The Morgan fingerprint density at radius 3 is 2.68 bits per heavy atom. The van der Waals surface area contributed by atoms with Crippen molar-refractivity contribution >= 4 is 21.5 Å². The number of nitrogens with zero attached hydrogens (tertiary/aromatic N) is 2. The highest BCUT2D eigenvalue weighted by Crippen LogP contribution is 2.21. The molecular formula is C12H21N3O2S2. The van der Waals surface area contributed by atoms with Crippen molar-refractivity contribution < 1.29 is 8.42 Å². The number of thiophene rings is 1. The smallest absolute Gasteiger partial charge is 0.282 e. The fraction of sp³-hybridized carbons (Fsp3) is 0.667. The number of nitrogens with two attached hydrogens (primary N) is 1. The summed E-state index contributed by atoms with van der Waals surface area (Å²) in [5, 5.41) is 1.96. The fourth-order valence-corrected chi connectivity index (χ4v) is 4.48. The lowest BCUT2D eigenvalue weighted by molar-refractivity contribution is 0.262. The van der Waals surface area contributed by atoms with Crippen LogP contribution in [0.3, 0.4) is 0 Å². The molecule has 0 aromatic carbocycles. The summed E-state index contributed by atoms with van der Waals surface area (Å²) in [5.41, 5.74) is 5.63. The first-order valence-electron chi connectivity index (χ1n) is 6.48. The molecule has 0 amide bonds. The Kier molecular flexibility index (Phi) is 4.97. The Labute approximate surface area is 119 Å². The molecule has 1 saturated heterocycles. The summed E-state index contributed by atoms with van der Waals surface area (Å²) >= 11 is 1.58. The summed E-state index contributed by atoms with van der Waals surface area (Å²) in [6.45, 7) is 2.26. The van der Waals surface area contributed by atoms with E-state index in [9.17, 15) is 8.42 Å². The van der Waals surface area contributed by atoms with Crippen molar-refractivity contribution in [1.82, 2.24) is 8.61 Å². The third kappa shape index (κ3) is 3.55. The second kappa shape index (κ2) is 6.32. The molecule has 0 unspecified atom stereocenters. The van der Waals surface area contributed by atoms with Crippen molar-refractivity contribution in [3.05, 3.63) is 22.4 Å². The van der Waals surface area contributed by atoms with E-state index in [2.05, 4.69) is 0 Å². The van der Waals surface area contributed by atoms with Crippen LogP contribution >= 0.6 is 11.3 Å². The molecule has 7 heteroatoms. The Morgan fingerprint density at radius 2 is 2.16 bits per heavy atom. The van der Waals surface area contributed by atoms with Gasteiger partial charge >= 0.3 is 0 Å². The van der Waals surface area contributed by atoms with Crippen LogP contribution in [0.1, 0.15) is 17.7 Å². The molecule has 1 aliphatic rings. The average Bonchev–Trinajstić information content (AvgIpc) is 2.91. The Bertz CT molecular complexity index is 479. The van der Waals surface area contributed by atoms with Gasteiger partial charge in [-0.05, 0) is 36.8 Å². The van der Waals surface area contributed by atoms with Crippen molar-refractivity contribution in [2.24, 2.45) is 11.7 Å². The van der Waals surface area contributed by atoms with Gasteiger partial charge in [0.05, 0.1) is 0 Å². The third-order valence-electron chi connectivity index (χ3n) is 3.59. The van der Waals surface area contributed by atoms with E-state index in [4.69, 9.17) is 5.73 Å². The van der Waals surface area contributed by atoms with E-state index in [0.717, 1.165) is 17.7 Å². The molecule has 1 aliphatic heterocycles. The maximum atomic E-state index is 12.4. The van der Waals surface area contributed by atoms with Crippen LogP contribution < -0.4 is 5.73 Å². The zero-order valence-electron chi connectivity index (χ0n) is 11.2. The van der Waals surface area contributed by atoms with E-state index in [1.54, 1.807) is 22.7 Å². The lowest BCUT2D eigenvalue weighted by Gasteiger charge is -2.33. The predicted molar refractivity (Wildman–Crippen MR) is 78.1 cm³/mol. The van der Waals surface area contributed by atoms with E-state index in [1.165, 1.54) is 4.31 Å². The standard InChI is InChI=1S/C12H21N3O2S2/c1-14(10-12-3-2-8-18-12)19(16,17)15-6-4-11(9-13)5-7-15/h2-3,8,11H,4-7,9-10,13H2,1H3. The van der Waals surface area contributed by atoms with Crippen LogP contribution in [-0.4, -0.2) is 43.7 Å². The maximum absolute atomic E-state index is 12.4. The number of hydrogen-bond acceptors (Lipinski definition) is 4. The molecule has 1 aromatic rings. The zero-order chi connectivity index (χ0) is 13.9. The molecule has 0 spiro atoms. The number of piperidine rings is 1. The van der Waals surface area contributed by atoms with Gasteiger partial charge in [0.2, 0.25) is 0 Å². The first-order chi connectivity index (χ1) is 9.04. The van der Waals surface area contributed by atoms with Crippen molar-refractivity contribution in [2.75, 3.05) is 26.7 Å². The van der Waals surface area contributed by atoms with E-state index in [1.807, 2.05) is 17.5 Å². The molecule has 0 aliphatic carbocycles. The summed E-state index contributed by atoms with van der Waals surface area (Å²) in [6.07, 6.45) is 1.73. The topological polar surface area (TPSA) is 66.6 Å². The molecular weight excluding hydrogens is 282 g/mol. The van der Waals surface area contributed by atoms with Crippen LogP contribution in [0.4, 0.5) is 0 Å². The maximum Gasteiger partial charge on any atom is 0.282 e. The SMILES string of the molecule is CN(Cc1cccs1)S(=O)(=O)N1CCC(CN)CC1. The van der Waals surface area contributed by atoms with Crippen molar-refractivity contribution in [3.63, 3.8) is 0 Å². The van der Waals surface area contributed by atoms with Gasteiger partial charge in [0, 0.05) is 31.6 Å². The molecule has 5 nitrogen and oxygen atoms in total. The van der Waals surface area contributed by atoms with E-state index >= 15 is 0 Å². The highest BCUT2D eigenvalue weighted by molar-refractivity contribution is 7.86. The molecule has 0 atom stereocenters. The first-order valence-corrected chi connectivity index (χ1v) is 8.75. The Balaban J connectivity index is 1.98. The van der Waals surface area contributed by atoms with E-state index in [-0.39, 0.29) is 0 Å². The molecule has 108 valence electrons. The highest BCUT2D eigenvalue weighted by atomic mass is 32.2. The minimum Gasteiger partial charge on any atom is -0.330 e. The molecule has 0 saturated carbocycles. The minimum absolute atomic E-state index is 0.441. The normalized spacial score (nSPS) is 19.1. The fourth-order valence-electron chi connectivity index (χ4n) is 2.28. The molecule has 0 radical (unpaired) electrons. The van der Waals surface area contributed by atoms with Gasteiger partial charge in [-0.2, -0.15) is 17.0 Å². The zero-order valence-corrected chi connectivity index (χ0v) is 12.8. The van der Waals surface area contributed by atoms with Crippen LogP contribution in [0.25, 0.3) is 0 Å². The van der Waals surface area contributed by atoms with Crippen LogP contribution in [0, 0.1) is 5.92 Å². The first kappa shape index (κ1) is 14.9. The number of hydrogen-bond donors (Lipinski definition) is 1. The van der Waals surface area contributed by atoms with Gasteiger partial charge in [0.1, 0.15) is 0 Å². The van der Waals surface area contributed by atoms with Crippen molar-refractivity contribution in [1.29, 1.82) is 0 Å².